The van der Waals surface area contributed by atoms with Crippen molar-refractivity contribution in [2.24, 2.45) is 0 Å². The average Bonchev–Trinajstić information content (AvgIpc) is 2.98. The van der Waals surface area contributed by atoms with Gasteiger partial charge in [-0.3, -0.25) is 0 Å². The first kappa shape index (κ1) is 56.8. The van der Waals surface area contributed by atoms with Crippen molar-refractivity contribution in [3.63, 3.8) is 0 Å². The second kappa shape index (κ2) is 13.9. The maximum atomic E-state index is 14.0. The van der Waals surface area contributed by atoms with Crippen molar-refractivity contribution < 1.29 is 162 Å². The standard InChI is InChI=1S/C21H7F37S/c1-3(59)2-4(22,23)5(24,25)6(26,27)7(28,29)8(30,31)9(32,33)10(34,35)11(36,37)12(38,39)13(40,41)14(42,43)15(44,45)16(46,47)17(48,49)18(50,51)19(52,53)20(54,55)21(56,57)58/h3,59H,2H2,1H3. The Kier molecular flexibility index (Phi) is 13.4. The van der Waals surface area contributed by atoms with Crippen molar-refractivity contribution in [2.75, 3.05) is 0 Å². The van der Waals surface area contributed by atoms with Gasteiger partial charge in [-0.25, -0.2) is 0 Å². The average molecular weight is 994 g/mol. The molecule has 59 heavy (non-hydrogen) atoms. The molecule has 0 aliphatic heterocycles. The Balaban J connectivity index is 7.86. The molecule has 0 bridgehead atoms. The number of hydrogen-bond acceptors (Lipinski definition) is 1. The van der Waals surface area contributed by atoms with E-state index >= 15 is 0 Å². The number of halogens is 37. The van der Waals surface area contributed by atoms with Crippen LogP contribution < -0.4 is 0 Å². The van der Waals surface area contributed by atoms with Crippen molar-refractivity contribution in [2.45, 2.75) is 125 Å². The molecule has 0 rings (SSSR count). The summed E-state index contributed by atoms with van der Waals surface area (Å²) in [4.78, 5) is 0. The second-order valence-corrected chi connectivity index (χ2v) is 12.3. The zero-order valence-corrected chi connectivity index (χ0v) is 26.6. The predicted octanol–water partition coefficient (Wildman–Crippen LogP) is 13.1. The normalized spacial score (nSPS) is 17.7. The molecule has 0 aromatic heterocycles. The van der Waals surface area contributed by atoms with Crippen LogP contribution in [0.25, 0.3) is 0 Å². The molecule has 0 saturated heterocycles. The van der Waals surface area contributed by atoms with Gasteiger partial charge in [-0.05, 0) is 0 Å². The van der Waals surface area contributed by atoms with Crippen molar-refractivity contribution in [3.05, 3.63) is 0 Å². The van der Waals surface area contributed by atoms with Gasteiger partial charge in [0, 0.05) is 11.7 Å². The largest absolute Gasteiger partial charge is 0.460 e. The summed E-state index contributed by atoms with van der Waals surface area (Å²) in [5, 5.41) is -2.50. The maximum Gasteiger partial charge on any atom is 0.460 e. The summed E-state index contributed by atoms with van der Waals surface area (Å²) < 4.78 is 503. The summed E-state index contributed by atoms with van der Waals surface area (Å²) >= 11 is 2.79. The summed E-state index contributed by atoms with van der Waals surface area (Å²) in [5.41, 5.74) is 0. The molecule has 0 nitrogen and oxygen atoms in total. The molecule has 1 atom stereocenters. The molecule has 0 amide bonds. The Morgan fingerprint density at radius 2 is 0.356 bits per heavy atom. The summed E-state index contributed by atoms with van der Waals surface area (Å²) in [5.74, 6) is -165. The summed E-state index contributed by atoms with van der Waals surface area (Å²) in [6, 6.07) is 0. The van der Waals surface area contributed by atoms with E-state index < -0.39 is 119 Å². The van der Waals surface area contributed by atoms with Crippen LogP contribution in [0.5, 0.6) is 0 Å². The van der Waals surface area contributed by atoms with E-state index in [9.17, 15) is 162 Å². The van der Waals surface area contributed by atoms with Gasteiger partial charge >= 0.3 is 107 Å². The molecule has 0 saturated carbocycles. The lowest BCUT2D eigenvalue weighted by molar-refractivity contribution is -0.493. The molecule has 0 radical (unpaired) electrons. The van der Waals surface area contributed by atoms with Crippen LogP contribution in [0, 0.1) is 0 Å². The first-order valence-electron chi connectivity index (χ1n) is 12.8. The second-order valence-electron chi connectivity index (χ2n) is 11.4. The third-order valence-corrected chi connectivity index (χ3v) is 7.46. The van der Waals surface area contributed by atoms with Gasteiger partial charge in [0.15, 0.2) is 0 Å². The van der Waals surface area contributed by atoms with Gasteiger partial charge in [-0.1, -0.05) is 6.92 Å². The van der Waals surface area contributed by atoms with Crippen molar-refractivity contribution in [1.29, 1.82) is 0 Å². The number of alkyl halides is 37. The lowest BCUT2D eigenvalue weighted by Crippen LogP contribution is -2.80. The van der Waals surface area contributed by atoms with Crippen LogP contribution in [-0.2, 0) is 0 Å². The number of thiol groups is 1. The zero-order valence-electron chi connectivity index (χ0n) is 25.7. The van der Waals surface area contributed by atoms with E-state index in [4.69, 9.17) is 0 Å². The first-order valence-corrected chi connectivity index (χ1v) is 13.4. The van der Waals surface area contributed by atoms with E-state index in [1.807, 2.05) is 0 Å². The van der Waals surface area contributed by atoms with Gasteiger partial charge in [0.25, 0.3) is 0 Å². The molecule has 0 heterocycles. The summed E-state index contributed by atoms with van der Waals surface area (Å²) in [6.45, 7) is 0.129. The summed E-state index contributed by atoms with van der Waals surface area (Å²) in [7, 11) is 0. The molecule has 0 N–H and O–H groups in total. The predicted molar refractivity (Wildman–Crippen MR) is 113 cm³/mol. The smallest absolute Gasteiger partial charge is 0.200 e. The van der Waals surface area contributed by atoms with E-state index in [0.29, 0.717) is 0 Å². The fraction of sp³-hybridized carbons (Fsp3) is 1.00. The van der Waals surface area contributed by atoms with Gasteiger partial charge < -0.3 is 0 Å². The highest BCUT2D eigenvalue weighted by Crippen LogP contribution is 2.70. The van der Waals surface area contributed by atoms with Crippen LogP contribution in [0.4, 0.5) is 162 Å². The monoisotopic (exact) mass is 994 g/mol. The van der Waals surface area contributed by atoms with Crippen LogP contribution in [-0.4, -0.2) is 112 Å². The molecule has 0 aromatic rings. The van der Waals surface area contributed by atoms with E-state index in [-0.39, 0.29) is 6.92 Å². The van der Waals surface area contributed by atoms with E-state index in [0.717, 1.165) is 0 Å². The number of hydrogen-bond donors (Lipinski definition) is 1. The zero-order chi connectivity index (χ0) is 49.3. The summed E-state index contributed by atoms with van der Waals surface area (Å²) in [6.07, 6.45) is -11.5. The number of rotatable bonds is 18. The molecular weight excluding hydrogens is 987 g/mol. The van der Waals surface area contributed by atoms with E-state index in [1.165, 1.54) is 0 Å². The lowest BCUT2D eigenvalue weighted by Gasteiger charge is -2.47. The van der Waals surface area contributed by atoms with Gasteiger partial charge in [-0.15, -0.1) is 0 Å². The van der Waals surface area contributed by atoms with Crippen LogP contribution in [0.2, 0.25) is 0 Å². The highest BCUT2D eigenvalue weighted by Gasteiger charge is 3.02. The third kappa shape index (κ3) is 6.64. The van der Waals surface area contributed by atoms with Crippen LogP contribution in [0.15, 0.2) is 0 Å². The van der Waals surface area contributed by atoms with Crippen LogP contribution >= 0.6 is 12.6 Å². The first-order chi connectivity index (χ1) is 24.7. The lowest BCUT2D eigenvalue weighted by atomic mass is 9.82. The van der Waals surface area contributed by atoms with Gasteiger partial charge in [0.2, 0.25) is 0 Å². The van der Waals surface area contributed by atoms with Gasteiger partial charge in [0.1, 0.15) is 0 Å². The molecule has 0 fully saturated rings. The molecule has 0 aliphatic carbocycles. The Hall–Kier alpha value is -2.24. The van der Waals surface area contributed by atoms with Crippen molar-refractivity contribution in [1.82, 2.24) is 0 Å². The minimum Gasteiger partial charge on any atom is -0.200 e. The Labute approximate surface area is 301 Å². The van der Waals surface area contributed by atoms with Crippen molar-refractivity contribution in [3.8, 4) is 0 Å². The van der Waals surface area contributed by atoms with E-state index in [1.54, 1.807) is 0 Å². The van der Waals surface area contributed by atoms with E-state index in [2.05, 4.69) is 12.6 Å². The minimum absolute atomic E-state index is 0.129. The minimum atomic E-state index is -10.4. The topological polar surface area (TPSA) is 0 Å². The molecule has 356 valence electrons. The Morgan fingerprint density at radius 3 is 0.475 bits per heavy atom. The molecule has 0 aromatic carbocycles. The SMILES string of the molecule is CC(S)CC(F)(F)C(F)(F)C(F)(F)C(F)(F)C(F)(F)C(F)(F)C(F)(F)C(F)(F)C(F)(F)C(F)(F)C(F)(F)C(F)(F)C(F)(F)C(F)(F)C(F)(F)C(F)(F)C(F)(F)C(F)(F)F. The molecule has 38 heteroatoms. The van der Waals surface area contributed by atoms with Gasteiger partial charge in [0.05, 0.1) is 0 Å². The highest BCUT2D eigenvalue weighted by molar-refractivity contribution is 7.80. The Morgan fingerprint density at radius 1 is 0.237 bits per heavy atom. The quantitative estimate of drug-likeness (QED) is 0.103. The third-order valence-electron chi connectivity index (χ3n) is 7.28. The highest BCUT2D eigenvalue weighted by atomic mass is 32.1. The fourth-order valence-electron chi connectivity index (χ4n) is 3.67. The van der Waals surface area contributed by atoms with Crippen molar-refractivity contribution >= 4 is 12.6 Å². The van der Waals surface area contributed by atoms with Crippen LogP contribution in [0.3, 0.4) is 0 Å². The molecule has 0 spiro atoms. The Bertz CT molecular complexity index is 1510. The molecule has 0 aliphatic rings. The molecular formula is C21H7F37S. The maximum absolute atomic E-state index is 14.0. The van der Waals surface area contributed by atoms with Crippen LogP contribution in [0.1, 0.15) is 13.3 Å². The van der Waals surface area contributed by atoms with Gasteiger partial charge in [-0.2, -0.15) is 175 Å². The molecule has 1 unspecified atom stereocenters. The fourth-order valence-corrected chi connectivity index (χ4v) is 3.90.